The van der Waals surface area contributed by atoms with Gasteiger partial charge in [0.2, 0.25) is 0 Å². The molecular formula is C9H10N2O2. The van der Waals surface area contributed by atoms with E-state index in [0.717, 1.165) is 5.57 Å². The summed E-state index contributed by atoms with van der Waals surface area (Å²) in [5.74, 6) is -0.386. The number of esters is 1. The Morgan fingerprint density at radius 2 is 2.31 bits per heavy atom. The molecule has 0 aliphatic rings. The number of ether oxygens (including phenoxy) is 1. The molecule has 1 heterocycles. The minimum absolute atomic E-state index is 0.386. The lowest BCUT2D eigenvalue weighted by atomic mass is 10.2. The van der Waals surface area contributed by atoms with Crippen LogP contribution >= 0.6 is 0 Å². The number of nitrogens with zero attached hydrogens (tertiary/aromatic N) is 2. The molecule has 0 unspecified atom stereocenters. The molecule has 4 heteroatoms. The lowest BCUT2D eigenvalue weighted by Crippen LogP contribution is -1.96. The molecule has 0 saturated heterocycles. The van der Waals surface area contributed by atoms with Crippen molar-refractivity contribution in [1.82, 2.24) is 9.97 Å². The molecule has 1 aromatic heterocycles. The Morgan fingerprint density at radius 1 is 1.54 bits per heavy atom. The van der Waals surface area contributed by atoms with Gasteiger partial charge in [-0.05, 0) is 12.5 Å². The fourth-order valence-corrected chi connectivity index (χ4v) is 0.812. The van der Waals surface area contributed by atoms with E-state index in [9.17, 15) is 4.79 Å². The zero-order valence-electron chi connectivity index (χ0n) is 7.52. The Kier molecular flexibility index (Phi) is 3.14. The molecule has 0 atom stereocenters. The van der Waals surface area contributed by atoms with E-state index in [4.69, 9.17) is 0 Å². The van der Waals surface area contributed by atoms with Crippen LogP contribution in [0.4, 0.5) is 0 Å². The molecule has 0 radical (unpaired) electrons. The SMILES string of the molecule is COC(=O)/C=C(\C)c1cnccn1. The van der Waals surface area contributed by atoms with E-state index in [1.54, 1.807) is 25.5 Å². The summed E-state index contributed by atoms with van der Waals surface area (Å²) in [6.45, 7) is 1.78. The van der Waals surface area contributed by atoms with Gasteiger partial charge in [-0.2, -0.15) is 0 Å². The number of methoxy groups -OCH3 is 1. The van der Waals surface area contributed by atoms with E-state index in [0.29, 0.717) is 5.69 Å². The van der Waals surface area contributed by atoms with Gasteiger partial charge in [-0.15, -0.1) is 0 Å². The highest BCUT2D eigenvalue weighted by molar-refractivity contribution is 5.90. The van der Waals surface area contributed by atoms with Crippen molar-refractivity contribution in [2.75, 3.05) is 7.11 Å². The number of carbonyl (C=O) groups excluding carboxylic acids is 1. The average molecular weight is 178 g/mol. The summed E-state index contributed by atoms with van der Waals surface area (Å²) >= 11 is 0. The Morgan fingerprint density at radius 3 is 2.85 bits per heavy atom. The van der Waals surface area contributed by atoms with Crippen molar-refractivity contribution < 1.29 is 9.53 Å². The summed E-state index contributed by atoms with van der Waals surface area (Å²) in [5, 5.41) is 0. The fraction of sp³-hybridized carbons (Fsp3) is 0.222. The zero-order chi connectivity index (χ0) is 9.68. The third-order valence-corrected chi connectivity index (χ3v) is 1.50. The van der Waals surface area contributed by atoms with Gasteiger partial charge in [0.05, 0.1) is 19.0 Å². The predicted molar refractivity (Wildman–Crippen MR) is 47.7 cm³/mol. The van der Waals surface area contributed by atoms with Crippen molar-refractivity contribution in [2.24, 2.45) is 0 Å². The number of hydrogen-bond donors (Lipinski definition) is 0. The highest BCUT2D eigenvalue weighted by Gasteiger charge is 1.99. The van der Waals surface area contributed by atoms with Gasteiger partial charge in [-0.25, -0.2) is 4.79 Å². The van der Waals surface area contributed by atoms with Crippen LogP contribution in [0.15, 0.2) is 24.7 Å². The van der Waals surface area contributed by atoms with Crippen LogP contribution < -0.4 is 0 Å². The van der Waals surface area contributed by atoms with Gasteiger partial charge in [0.25, 0.3) is 0 Å². The van der Waals surface area contributed by atoms with Crippen LogP contribution in [0.1, 0.15) is 12.6 Å². The second-order valence-electron chi connectivity index (χ2n) is 2.44. The molecule has 0 aliphatic carbocycles. The molecule has 13 heavy (non-hydrogen) atoms. The number of carbonyl (C=O) groups is 1. The first-order valence-corrected chi connectivity index (χ1v) is 3.76. The topological polar surface area (TPSA) is 52.1 Å². The molecule has 0 spiro atoms. The first kappa shape index (κ1) is 9.38. The smallest absolute Gasteiger partial charge is 0.330 e. The summed E-state index contributed by atoms with van der Waals surface area (Å²) < 4.78 is 4.48. The van der Waals surface area contributed by atoms with Crippen molar-refractivity contribution in [3.63, 3.8) is 0 Å². The van der Waals surface area contributed by atoms with Crippen molar-refractivity contribution in [2.45, 2.75) is 6.92 Å². The standard InChI is InChI=1S/C9H10N2O2/c1-7(5-9(12)13-2)8-6-10-3-4-11-8/h3-6H,1-2H3/b7-5+. The predicted octanol–water partition coefficient (Wildman–Crippen LogP) is 1.05. The van der Waals surface area contributed by atoms with E-state index in [1.165, 1.54) is 13.2 Å². The normalized spacial score (nSPS) is 11.1. The van der Waals surface area contributed by atoms with E-state index >= 15 is 0 Å². The van der Waals surface area contributed by atoms with Gasteiger partial charge in [-0.3, -0.25) is 9.97 Å². The fourth-order valence-electron chi connectivity index (χ4n) is 0.812. The first-order chi connectivity index (χ1) is 6.24. The number of rotatable bonds is 2. The molecule has 68 valence electrons. The lowest BCUT2D eigenvalue weighted by Gasteiger charge is -1.97. The van der Waals surface area contributed by atoms with Crippen molar-refractivity contribution in [3.8, 4) is 0 Å². The van der Waals surface area contributed by atoms with Crippen LogP contribution in [0.5, 0.6) is 0 Å². The van der Waals surface area contributed by atoms with Crippen LogP contribution in [0.3, 0.4) is 0 Å². The summed E-state index contributed by atoms with van der Waals surface area (Å²) in [6, 6.07) is 0. The molecule has 0 amide bonds. The van der Waals surface area contributed by atoms with Crippen LogP contribution in [-0.4, -0.2) is 23.0 Å². The zero-order valence-corrected chi connectivity index (χ0v) is 7.52. The van der Waals surface area contributed by atoms with Gasteiger partial charge in [0.15, 0.2) is 0 Å². The quantitative estimate of drug-likeness (QED) is 0.501. The largest absolute Gasteiger partial charge is 0.466 e. The summed E-state index contributed by atoms with van der Waals surface area (Å²) in [5.41, 5.74) is 1.41. The number of aromatic nitrogens is 2. The third kappa shape index (κ3) is 2.66. The third-order valence-electron chi connectivity index (χ3n) is 1.50. The van der Waals surface area contributed by atoms with E-state index in [-0.39, 0.29) is 5.97 Å². The molecule has 0 saturated carbocycles. The summed E-state index contributed by atoms with van der Waals surface area (Å²) in [7, 11) is 1.34. The van der Waals surface area contributed by atoms with Gasteiger partial charge in [-0.1, -0.05) is 0 Å². The molecule has 1 aromatic rings. The minimum atomic E-state index is -0.386. The Hall–Kier alpha value is -1.71. The molecule has 4 nitrogen and oxygen atoms in total. The second-order valence-corrected chi connectivity index (χ2v) is 2.44. The van der Waals surface area contributed by atoms with Crippen LogP contribution in [-0.2, 0) is 9.53 Å². The molecule has 0 aromatic carbocycles. The van der Waals surface area contributed by atoms with E-state index in [2.05, 4.69) is 14.7 Å². The summed E-state index contributed by atoms with van der Waals surface area (Å²) in [4.78, 5) is 18.8. The van der Waals surface area contributed by atoms with Crippen molar-refractivity contribution >= 4 is 11.5 Å². The minimum Gasteiger partial charge on any atom is -0.466 e. The molecule has 0 bridgehead atoms. The molecule has 0 N–H and O–H groups in total. The summed E-state index contributed by atoms with van der Waals surface area (Å²) in [6.07, 6.45) is 6.12. The van der Waals surface area contributed by atoms with E-state index < -0.39 is 0 Å². The van der Waals surface area contributed by atoms with Gasteiger partial charge in [0, 0.05) is 18.5 Å². The van der Waals surface area contributed by atoms with Gasteiger partial charge < -0.3 is 4.74 Å². The highest BCUT2D eigenvalue weighted by Crippen LogP contribution is 2.07. The van der Waals surface area contributed by atoms with E-state index in [1.807, 2.05) is 0 Å². The first-order valence-electron chi connectivity index (χ1n) is 3.76. The van der Waals surface area contributed by atoms with Crippen molar-refractivity contribution in [1.29, 1.82) is 0 Å². The molecule has 0 aliphatic heterocycles. The molecule has 1 rings (SSSR count). The maximum absolute atomic E-state index is 10.8. The average Bonchev–Trinajstić information content (AvgIpc) is 2.19. The van der Waals surface area contributed by atoms with Crippen molar-refractivity contribution in [3.05, 3.63) is 30.4 Å². The highest BCUT2D eigenvalue weighted by atomic mass is 16.5. The maximum atomic E-state index is 10.8. The van der Waals surface area contributed by atoms with Crippen LogP contribution in [0.2, 0.25) is 0 Å². The molecule has 0 fully saturated rings. The van der Waals surface area contributed by atoms with Crippen LogP contribution in [0, 0.1) is 0 Å². The number of allylic oxidation sites excluding steroid dienone is 1. The lowest BCUT2D eigenvalue weighted by molar-refractivity contribution is -0.134. The Balaban J connectivity index is 2.85. The van der Waals surface area contributed by atoms with Gasteiger partial charge >= 0.3 is 5.97 Å². The molecular weight excluding hydrogens is 168 g/mol. The maximum Gasteiger partial charge on any atom is 0.330 e. The second kappa shape index (κ2) is 4.35. The Labute approximate surface area is 76.3 Å². The number of hydrogen-bond acceptors (Lipinski definition) is 4. The van der Waals surface area contributed by atoms with Crippen LogP contribution in [0.25, 0.3) is 5.57 Å². The van der Waals surface area contributed by atoms with Gasteiger partial charge in [0.1, 0.15) is 0 Å². The Bertz CT molecular complexity index is 320. The monoisotopic (exact) mass is 178 g/mol.